The number of hydrogen-bond donors (Lipinski definition) is 1. The number of nitrogens with one attached hydrogen (secondary N) is 1. The first-order valence-electron chi connectivity index (χ1n) is 9.42. The van der Waals surface area contributed by atoms with Crippen LogP contribution in [0.5, 0.6) is 0 Å². The molecular formula is C21H30N4. The van der Waals surface area contributed by atoms with Crippen LogP contribution in [0.15, 0.2) is 30.3 Å². The Morgan fingerprint density at radius 2 is 1.88 bits per heavy atom. The molecule has 1 aliphatic rings. The van der Waals surface area contributed by atoms with E-state index in [4.69, 9.17) is 4.98 Å². The number of rotatable bonds is 5. The fourth-order valence-electron chi connectivity index (χ4n) is 3.41. The van der Waals surface area contributed by atoms with E-state index in [9.17, 15) is 0 Å². The molecule has 0 saturated heterocycles. The minimum Gasteiger partial charge on any atom is -0.352 e. The Morgan fingerprint density at radius 3 is 2.56 bits per heavy atom. The van der Waals surface area contributed by atoms with Gasteiger partial charge in [-0.3, -0.25) is 0 Å². The summed E-state index contributed by atoms with van der Waals surface area (Å²) in [4.78, 5) is 12.0. The van der Waals surface area contributed by atoms with Gasteiger partial charge in [-0.2, -0.15) is 4.98 Å². The van der Waals surface area contributed by atoms with Gasteiger partial charge in [0.05, 0.1) is 0 Å². The minimum absolute atomic E-state index is 0.0291. The molecule has 0 aliphatic carbocycles. The zero-order valence-electron chi connectivity index (χ0n) is 16.1. The Morgan fingerprint density at radius 1 is 1.16 bits per heavy atom. The summed E-state index contributed by atoms with van der Waals surface area (Å²) in [5, 5.41) is 3.44. The van der Waals surface area contributed by atoms with Gasteiger partial charge in [0, 0.05) is 29.9 Å². The third kappa shape index (κ3) is 3.78. The summed E-state index contributed by atoms with van der Waals surface area (Å²) in [6.07, 6.45) is 3.00. The molecule has 2 aromatic rings. The maximum Gasteiger partial charge on any atom is 0.225 e. The normalized spacial score (nSPS) is 17.1. The summed E-state index contributed by atoms with van der Waals surface area (Å²) in [7, 11) is 0. The second kappa shape index (κ2) is 7.03. The molecule has 1 aliphatic heterocycles. The van der Waals surface area contributed by atoms with Gasteiger partial charge in [0.25, 0.3) is 0 Å². The van der Waals surface area contributed by atoms with Crippen LogP contribution in [-0.4, -0.2) is 21.5 Å². The van der Waals surface area contributed by atoms with Crippen molar-refractivity contribution >= 4 is 11.8 Å². The average Bonchev–Trinajstić information content (AvgIpc) is 2.59. The van der Waals surface area contributed by atoms with Gasteiger partial charge in [0.15, 0.2) is 0 Å². The standard InChI is InChI=1S/C21H30N4/c1-6-15(3)22-20-23-18(7-2)12-19(24-20)25-14-17-11-9-8-10-16(17)13-21(25,4)5/h8-12,15H,6-7,13-14H2,1-5H3,(H,22,23,24)/t15-/m0/s1. The van der Waals surface area contributed by atoms with E-state index in [1.807, 2.05) is 0 Å². The van der Waals surface area contributed by atoms with Crippen LogP contribution in [0, 0.1) is 0 Å². The quantitative estimate of drug-likeness (QED) is 0.865. The molecule has 0 bridgehead atoms. The molecule has 4 nitrogen and oxygen atoms in total. The monoisotopic (exact) mass is 338 g/mol. The predicted molar refractivity (Wildman–Crippen MR) is 105 cm³/mol. The number of aryl methyl sites for hydroxylation is 1. The highest BCUT2D eigenvalue weighted by Crippen LogP contribution is 2.34. The fourth-order valence-corrected chi connectivity index (χ4v) is 3.41. The van der Waals surface area contributed by atoms with Crippen LogP contribution < -0.4 is 10.2 Å². The zero-order valence-corrected chi connectivity index (χ0v) is 16.1. The largest absolute Gasteiger partial charge is 0.352 e. The van der Waals surface area contributed by atoms with E-state index in [0.29, 0.717) is 6.04 Å². The highest BCUT2D eigenvalue weighted by Gasteiger charge is 2.33. The van der Waals surface area contributed by atoms with Crippen molar-refractivity contribution in [1.29, 1.82) is 0 Å². The van der Waals surface area contributed by atoms with E-state index in [2.05, 4.69) is 80.2 Å². The van der Waals surface area contributed by atoms with Gasteiger partial charge in [-0.05, 0) is 51.2 Å². The molecule has 4 heteroatoms. The van der Waals surface area contributed by atoms with Crippen LogP contribution >= 0.6 is 0 Å². The van der Waals surface area contributed by atoms with Crippen LogP contribution in [0.25, 0.3) is 0 Å². The molecule has 1 aromatic heterocycles. The van der Waals surface area contributed by atoms with Crippen LogP contribution in [0.2, 0.25) is 0 Å². The number of nitrogens with zero attached hydrogens (tertiary/aromatic N) is 3. The van der Waals surface area contributed by atoms with E-state index >= 15 is 0 Å². The second-order valence-corrected chi connectivity index (χ2v) is 7.69. The van der Waals surface area contributed by atoms with Crippen molar-refractivity contribution in [3.63, 3.8) is 0 Å². The number of benzene rings is 1. The number of hydrogen-bond acceptors (Lipinski definition) is 4. The first-order chi connectivity index (χ1) is 11.9. The molecule has 0 spiro atoms. The smallest absolute Gasteiger partial charge is 0.225 e. The summed E-state index contributed by atoms with van der Waals surface area (Å²) in [6, 6.07) is 11.3. The predicted octanol–water partition coefficient (Wildman–Crippen LogP) is 4.59. The molecule has 0 saturated carbocycles. The summed E-state index contributed by atoms with van der Waals surface area (Å²) in [5.74, 6) is 1.77. The molecule has 134 valence electrons. The van der Waals surface area contributed by atoms with Crippen molar-refractivity contribution in [3.8, 4) is 0 Å². The van der Waals surface area contributed by atoms with Crippen LogP contribution in [-0.2, 0) is 19.4 Å². The summed E-state index contributed by atoms with van der Waals surface area (Å²) in [5.41, 5.74) is 3.97. The molecule has 0 radical (unpaired) electrons. The topological polar surface area (TPSA) is 41.1 Å². The van der Waals surface area contributed by atoms with Gasteiger partial charge in [-0.15, -0.1) is 0 Å². The Hall–Kier alpha value is -2.10. The van der Waals surface area contributed by atoms with Crippen LogP contribution in [0.4, 0.5) is 11.8 Å². The number of aromatic nitrogens is 2. The second-order valence-electron chi connectivity index (χ2n) is 7.69. The first kappa shape index (κ1) is 17.7. The molecule has 1 aromatic carbocycles. The summed E-state index contributed by atoms with van der Waals surface area (Å²) in [6.45, 7) is 12.0. The van der Waals surface area contributed by atoms with Crippen molar-refractivity contribution < 1.29 is 0 Å². The lowest BCUT2D eigenvalue weighted by atomic mass is 9.85. The molecular weight excluding hydrogens is 308 g/mol. The Kier molecular flexibility index (Phi) is 4.98. The fraction of sp³-hybridized carbons (Fsp3) is 0.524. The van der Waals surface area contributed by atoms with Gasteiger partial charge >= 0.3 is 0 Å². The lowest BCUT2D eigenvalue weighted by molar-refractivity contribution is 0.427. The van der Waals surface area contributed by atoms with Gasteiger partial charge < -0.3 is 10.2 Å². The lowest BCUT2D eigenvalue weighted by Gasteiger charge is -2.44. The van der Waals surface area contributed by atoms with Crippen LogP contribution in [0.3, 0.4) is 0 Å². The molecule has 25 heavy (non-hydrogen) atoms. The van der Waals surface area contributed by atoms with E-state index in [0.717, 1.165) is 43.3 Å². The molecule has 0 unspecified atom stereocenters. The number of anilines is 2. The van der Waals surface area contributed by atoms with Crippen molar-refractivity contribution in [2.24, 2.45) is 0 Å². The van der Waals surface area contributed by atoms with Gasteiger partial charge in [0.1, 0.15) is 5.82 Å². The maximum atomic E-state index is 4.87. The Balaban J connectivity index is 1.98. The first-order valence-corrected chi connectivity index (χ1v) is 9.42. The highest BCUT2D eigenvalue weighted by atomic mass is 15.3. The molecule has 0 amide bonds. The SMILES string of the molecule is CCc1cc(N2Cc3ccccc3CC2(C)C)nc(N[C@@H](C)CC)n1. The van der Waals surface area contributed by atoms with E-state index in [1.165, 1.54) is 11.1 Å². The molecule has 2 heterocycles. The lowest BCUT2D eigenvalue weighted by Crippen LogP contribution is -2.49. The van der Waals surface area contributed by atoms with Gasteiger partial charge in [-0.1, -0.05) is 38.1 Å². The molecule has 1 N–H and O–H groups in total. The Labute approximate surface area is 151 Å². The van der Waals surface area contributed by atoms with Crippen LogP contribution in [0.1, 0.15) is 57.9 Å². The average molecular weight is 338 g/mol. The summed E-state index contributed by atoms with van der Waals surface area (Å²) < 4.78 is 0. The zero-order chi connectivity index (χ0) is 18.0. The highest BCUT2D eigenvalue weighted by molar-refractivity contribution is 5.51. The van der Waals surface area contributed by atoms with Crippen molar-refractivity contribution in [1.82, 2.24) is 9.97 Å². The third-order valence-electron chi connectivity index (χ3n) is 5.19. The molecule has 1 atom stereocenters. The Bertz CT molecular complexity index is 738. The van der Waals surface area contributed by atoms with Crippen molar-refractivity contribution in [2.75, 3.05) is 10.2 Å². The van der Waals surface area contributed by atoms with Gasteiger partial charge in [0.2, 0.25) is 5.95 Å². The van der Waals surface area contributed by atoms with E-state index < -0.39 is 0 Å². The van der Waals surface area contributed by atoms with Crippen molar-refractivity contribution in [3.05, 3.63) is 47.2 Å². The molecule has 3 rings (SSSR count). The van der Waals surface area contributed by atoms with E-state index in [-0.39, 0.29) is 5.54 Å². The van der Waals surface area contributed by atoms with Gasteiger partial charge in [-0.25, -0.2) is 4.98 Å². The van der Waals surface area contributed by atoms with Crippen molar-refractivity contribution in [2.45, 2.75) is 72.0 Å². The van der Waals surface area contributed by atoms with E-state index in [1.54, 1.807) is 0 Å². The minimum atomic E-state index is 0.0291. The summed E-state index contributed by atoms with van der Waals surface area (Å²) >= 11 is 0. The maximum absolute atomic E-state index is 4.87. The number of fused-ring (bicyclic) bond motifs is 1. The third-order valence-corrected chi connectivity index (χ3v) is 5.19. The molecule has 0 fully saturated rings.